The summed E-state index contributed by atoms with van der Waals surface area (Å²) in [6, 6.07) is 20.4. The predicted molar refractivity (Wildman–Crippen MR) is 136 cm³/mol. The Morgan fingerprint density at radius 2 is 1.79 bits per heavy atom. The number of halogens is 1. The minimum Gasteiger partial charge on any atom is -0.324 e. The lowest BCUT2D eigenvalue weighted by atomic mass is 10.1. The molecule has 0 atom stereocenters. The van der Waals surface area contributed by atoms with Crippen LogP contribution >= 0.6 is 23.4 Å². The number of anilines is 1. The van der Waals surface area contributed by atoms with E-state index in [9.17, 15) is 9.59 Å². The SMILES string of the molecule is Cc1ccc(C)c(-n2c(=O)c3ccccc3n3c(SCC(=O)Nc4ccccc4Cl)nnc23)c1. The van der Waals surface area contributed by atoms with Crippen molar-refractivity contribution in [3.63, 3.8) is 0 Å². The molecule has 2 heterocycles. The van der Waals surface area contributed by atoms with Crippen LogP contribution in [0, 0.1) is 13.8 Å². The summed E-state index contributed by atoms with van der Waals surface area (Å²) in [5.41, 5.74) is 3.79. The van der Waals surface area contributed by atoms with Crippen LogP contribution in [0.3, 0.4) is 0 Å². The quantitative estimate of drug-likeness (QED) is 0.350. The Balaban J connectivity index is 1.59. The first-order valence-corrected chi connectivity index (χ1v) is 11.9. The molecule has 3 aromatic carbocycles. The number of fused-ring (bicyclic) bond motifs is 3. The number of hydrogen-bond acceptors (Lipinski definition) is 5. The van der Waals surface area contributed by atoms with E-state index in [0.29, 0.717) is 32.5 Å². The van der Waals surface area contributed by atoms with Gasteiger partial charge in [-0.15, -0.1) is 10.2 Å². The van der Waals surface area contributed by atoms with Crippen LogP contribution in [0.25, 0.3) is 22.4 Å². The van der Waals surface area contributed by atoms with E-state index in [1.165, 1.54) is 11.8 Å². The van der Waals surface area contributed by atoms with Crippen LogP contribution in [0.1, 0.15) is 11.1 Å². The number of aryl methyl sites for hydroxylation is 2. The van der Waals surface area contributed by atoms with E-state index in [-0.39, 0.29) is 17.2 Å². The Morgan fingerprint density at radius 1 is 1.03 bits per heavy atom. The third kappa shape index (κ3) is 3.95. The monoisotopic (exact) mass is 489 g/mol. The van der Waals surface area contributed by atoms with E-state index < -0.39 is 0 Å². The molecule has 0 unspecified atom stereocenters. The number of nitrogens with zero attached hydrogens (tertiary/aromatic N) is 4. The van der Waals surface area contributed by atoms with Gasteiger partial charge in [0.25, 0.3) is 5.56 Å². The van der Waals surface area contributed by atoms with E-state index in [1.54, 1.807) is 34.9 Å². The van der Waals surface area contributed by atoms with Crippen molar-refractivity contribution in [3.8, 4) is 5.69 Å². The normalized spacial score (nSPS) is 11.3. The summed E-state index contributed by atoms with van der Waals surface area (Å²) in [5.74, 6) is 0.275. The van der Waals surface area contributed by atoms with Crippen molar-refractivity contribution in [2.75, 3.05) is 11.1 Å². The van der Waals surface area contributed by atoms with Gasteiger partial charge in [0.2, 0.25) is 11.7 Å². The molecule has 0 fully saturated rings. The maximum Gasteiger partial charge on any atom is 0.267 e. The summed E-state index contributed by atoms with van der Waals surface area (Å²) in [5, 5.41) is 13.0. The Hall–Kier alpha value is -3.62. The summed E-state index contributed by atoms with van der Waals surface area (Å²) in [4.78, 5) is 26.1. The summed E-state index contributed by atoms with van der Waals surface area (Å²) in [6.45, 7) is 3.94. The van der Waals surface area contributed by atoms with Crippen LogP contribution in [0.4, 0.5) is 5.69 Å². The zero-order valence-electron chi connectivity index (χ0n) is 18.4. The molecule has 0 spiro atoms. The molecule has 0 bridgehead atoms. The molecular formula is C25H20ClN5O2S. The van der Waals surface area contributed by atoms with Crippen LogP contribution < -0.4 is 10.9 Å². The Labute approximate surface area is 204 Å². The van der Waals surface area contributed by atoms with E-state index >= 15 is 0 Å². The number of hydrogen-bond donors (Lipinski definition) is 1. The number of carbonyl (C=O) groups is 1. The van der Waals surface area contributed by atoms with Crippen LogP contribution in [0.2, 0.25) is 5.02 Å². The number of amides is 1. The minimum absolute atomic E-state index is 0.100. The molecule has 7 nitrogen and oxygen atoms in total. The molecule has 0 aliphatic heterocycles. The fourth-order valence-electron chi connectivity index (χ4n) is 3.83. The molecule has 0 saturated carbocycles. The van der Waals surface area contributed by atoms with Gasteiger partial charge in [0, 0.05) is 0 Å². The third-order valence-electron chi connectivity index (χ3n) is 5.48. The van der Waals surface area contributed by atoms with E-state index in [0.717, 1.165) is 16.8 Å². The largest absolute Gasteiger partial charge is 0.324 e. The molecule has 1 N–H and O–H groups in total. The standard InChI is InChI=1S/C25H20ClN5O2S/c1-15-11-12-16(2)21(13-15)30-23(33)17-7-3-6-10-20(17)31-24(30)28-29-25(31)34-14-22(32)27-19-9-5-4-8-18(19)26/h3-13H,14H2,1-2H3,(H,27,32). The number of benzene rings is 3. The maximum atomic E-state index is 13.5. The second kappa shape index (κ2) is 8.96. The molecular weight excluding hydrogens is 470 g/mol. The second-order valence-corrected chi connectivity index (χ2v) is 9.23. The number of nitrogens with one attached hydrogen (secondary N) is 1. The van der Waals surface area contributed by atoms with Crippen molar-refractivity contribution in [3.05, 3.63) is 93.2 Å². The van der Waals surface area contributed by atoms with Gasteiger partial charge in [-0.1, -0.05) is 59.8 Å². The van der Waals surface area contributed by atoms with Gasteiger partial charge in [0.1, 0.15) is 0 Å². The molecule has 0 radical (unpaired) electrons. The van der Waals surface area contributed by atoms with Crippen molar-refractivity contribution >= 4 is 51.6 Å². The first-order chi connectivity index (χ1) is 16.4. The molecule has 0 aliphatic carbocycles. The van der Waals surface area contributed by atoms with Crippen molar-refractivity contribution in [2.45, 2.75) is 19.0 Å². The van der Waals surface area contributed by atoms with Gasteiger partial charge < -0.3 is 5.32 Å². The molecule has 1 amide bonds. The zero-order chi connectivity index (χ0) is 23.8. The Morgan fingerprint density at radius 3 is 2.62 bits per heavy atom. The summed E-state index contributed by atoms with van der Waals surface area (Å²) < 4.78 is 3.41. The molecule has 0 aliphatic rings. The molecule has 170 valence electrons. The Kier molecular flexibility index (Phi) is 5.85. The molecule has 2 aromatic heterocycles. The fraction of sp³-hybridized carbons (Fsp3) is 0.120. The van der Waals surface area contributed by atoms with Crippen molar-refractivity contribution in [1.82, 2.24) is 19.2 Å². The fourth-order valence-corrected chi connectivity index (χ4v) is 4.75. The van der Waals surface area contributed by atoms with Crippen LogP contribution in [-0.4, -0.2) is 30.8 Å². The van der Waals surface area contributed by atoms with Gasteiger partial charge >= 0.3 is 0 Å². The Bertz CT molecular complexity index is 1630. The van der Waals surface area contributed by atoms with Crippen molar-refractivity contribution < 1.29 is 4.79 Å². The van der Waals surface area contributed by atoms with Gasteiger partial charge in [-0.05, 0) is 55.3 Å². The summed E-state index contributed by atoms with van der Waals surface area (Å²) >= 11 is 7.39. The number of thioether (sulfide) groups is 1. The molecule has 34 heavy (non-hydrogen) atoms. The lowest BCUT2D eigenvalue weighted by Crippen LogP contribution is -2.22. The number of para-hydroxylation sites is 2. The number of rotatable bonds is 5. The van der Waals surface area contributed by atoms with E-state index in [1.807, 2.05) is 54.6 Å². The summed E-state index contributed by atoms with van der Waals surface area (Å²) in [6.07, 6.45) is 0. The molecule has 9 heteroatoms. The van der Waals surface area contributed by atoms with E-state index in [2.05, 4.69) is 15.5 Å². The van der Waals surface area contributed by atoms with Gasteiger partial charge in [0.05, 0.1) is 33.1 Å². The molecule has 5 rings (SSSR count). The van der Waals surface area contributed by atoms with Crippen molar-refractivity contribution in [2.24, 2.45) is 0 Å². The highest BCUT2D eigenvalue weighted by Gasteiger charge is 2.19. The van der Waals surface area contributed by atoms with Gasteiger partial charge in [-0.3, -0.25) is 14.0 Å². The average molecular weight is 490 g/mol. The lowest BCUT2D eigenvalue weighted by molar-refractivity contribution is -0.113. The van der Waals surface area contributed by atoms with Crippen molar-refractivity contribution in [1.29, 1.82) is 0 Å². The van der Waals surface area contributed by atoms with E-state index in [4.69, 9.17) is 11.6 Å². The average Bonchev–Trinajstić information content (AvgIpc) is 3.25. The first-order valence-electron chi connectivity index (χ1n) is 10.6. The number of aromatic nitrogens is 4. The predicted octanol–water partition coefficient (Wildman–Crippen LogP) is 5.03. The topological polar surface area (TPSA) is 81.3 Å². The van der Waals surface area contributed by atoms with Crippen LogP contribution in [0.15, 0.2) is 76.7 Å². The van der Waals surface area contributed by atoms with Crippen LogP contribution in [-0.2, 0) is 4.79 Å². The highest BCUT2D eigenvalue weighted by molar-refractivity contribution is 7.99. The van der Waals surface area contributed by atoms with Gasteiger partial charge in [-0.25, -0.2) is 4.57 Å². The lowest BCUT2D eigenvalue weighted by Gasteiger charge is -2.14. The van der Waals surface area contributed by atoms with Gasteiger partial charge in [-0.2, -0.15) is 0 Å². The minimum atomic E-state index is -0.220. The number of carbonyl (C=O) groups excluding carboxylic acids is 1. The van der Waals surface area contributed by atoms with Crippen LogP contribution in [0.5, 0.6) is 0 Å². The zero-order valence-corrected chi connectivity index (χ0v) is 20.0. The maximum absolute atomic E-state index is 13.5. The second-order valence-electron chi connectivity index (χ2n) is 7.88. The molecule has 5 aromatic rings. The highest BCUT2D eigenvalue weighted by atomic mass is 35.5. The smallest absolute Gasteiger partial charge is 0.267 e. The van der Waals surface area contributed by atoms with Gasteiger partial charge in [0.15, 0.2) is 5.16 Å². The first kappa shape index (κ1) is 22.2. The highest BCUT2D eigenvalue weighted by Crippen LogP contribution is 2.25. The molecule has 0 saturated heterocycles. The third-order valence-corrected chi connectivity index (χ3v) is 6.74. The summed E-state index contributed by atoms with van der Waals surface area (Å²) in [7, 11) is 0.